The van der Waals surface area contributed by atoms with Crippen LogP contribution in [0.5, 0.6) is 0 Å². The predicted octanol–water partition coefficient (Wildman–Crippen LogP) is 5.99. The minimum atomic E-state index is -1.36. The van der Waals surface area contributed by atoms with Crippen LogP contribution in [-0.4, -0.2) is 21.8 Å². The fourth-order valence-electron chi connectivity index (χ4n) is 3.41. The molecule has 0 bridgehead atoms. The number of halogens is 1. The Morgan fingerprint density at radius 1 is 1.00 bits per heavy atom. The standard InChI is InChI=1S/C25H17ClN2O6/c1-15-21(22(27-34-15)19-9-5-6-10-20(19)26)25(30)33-24(23(29)16-7-3-2-4-8-16)17-11-13-18(14-12-17)28(31)32/h2-14,24H,1H3/t24-/m1/s1. The number of non-ortho nitro benzene ring substituents is 1. The Hall–Kier alpha value is -4.30. The topological polar surface area (TPSA) is 113 Å². The van der Waals surface area contributed by atoms with Gasteiger partial charge in [0.2, 0.25) is 5.78 Å². The van der Waals surface area contributed by atoms with Crippen LogP contribution in [0.3, 0.4) is 0 Å². The molecule has 1 atom stereocenters. The number of nitro benzene ring substituents is 1. The number of nitro groups is 1. The van der Waals surface area contributed by atoms with Crippen molar-refractivity contribution < 1.29 is 23.8 Å². The van der Waals surface area contributed by atoms with Crippen LogP contribution < -0.4 is 0 Å². The van der Waals surface area contributed by atoms with Gasteiger partial charge in [0.25, 0.3) is 5.69 Å². The zero-order chi connectivity index (χ0) is 24.2. The lowest BCUT2D eigenvalue weighted by molar-refractivity contribution is -0.384. The number of aromatic nitrogens is 1. The fourth-order valence-corrected chi connectivity index (χ4v) is 3.64. The molecule has 1 heterocycles. The monoisotopic (exact) mass is 476 g/mol. The number of ether oxygens (including phenoxy) is 1. The summed E-state index contributed by atoms with van der Waals surface area (Å²) in [5, 5.41) is 15.4. The van der Waals surface area contributed by atoms with E-state index in [0.29, 0.717) is 16.1 Å². The number of benzene rings is 3. The maximum Gasteiger partial charge on any atom is 0.345 e. The number of aryl methyl sites for hydroxylation is 1. The highest BCUT2D eigenvalue weighted by molar-refractivity contribution is 6.33. The van der Waals surface area contributed by atoms with Gasteiger partial charge in [0, 0.05) is 28.8 Å². The molecular weight excluding hydrogens is 460 g/mol. The molecule has 8 nitrogen and oxygen atoms in total. The van der Waals surface area contributed by atoms with Gasteiger partial charge in [-0.05, 0) is 25.1 Å². The molecular formula is C25H17ClN2O6. The first-order chi connectivity index (χ1) is 16.4. The van der Waals surface area contributed by atoms with E-state index in [0.717, 1.165) is 0 Å². The molecule has 0 saturated carbocycles. The number of Topliss-reactive ketones (excluding diaryl/α,β-unsaturated/α-hetero) is 1. The molecule has 9 heteroatoms. The van der Waals surface area contributed by atoms with Gasteiger partial charge >= 0.3 is 5.97 Å². The van der Waals surface area contributed by atoms with Gasteiger partial charge in [-0.15, -0.1) is 0 Å². The molecule has 4 aromatic rings. The second kappa shape index (κ2) is 9.68. The summed E-state index contributed by atoms with van der Waals surface area (Å²) >= 11 is 6.27. The summed E-state index contributed by atoms with van der Waals surface area (Å²) in [6, 6.07) is 20.3. The Balaban J connectivity index is 1.73. The van der Waals surface area contributed by atoms with E-state index in [4.69, 9.17) is 20.9 Å². The van der Waals surface area contributed by atoms with Gasteiger partial charge in [0.1, 0.15) is 17.0 Å². The molecule has 0 aliphatic carbocycles. The average molecular weight is 477 g/mol. The van der Waals surface area contributed by atoms with Gasteiger partial charge in [-0.1, -0.05) is 65.3 Å². The summed E-state index contributed by atoms with van der Waals surface area (Å²) in [4.78, 5) is 37.1. The van der Waals surface area contributed by atoms with Gasteiger partial charge in [0.15, 0.2) is 6.10 Å². The van der Waals surface area contributed by atoms with E-state index in [2.05, 4.69) is 5.16 Å². The van der Waals surface area contributed by atoms with Crippen LogP contribution in [0.15, 0.2) is 83.4 Å². The van der Waals surface area contributed by atoms with Gasteiger partial charge in [-0.25, -0.2) is 4.79 Å². The third-order valence-corrected chi connectivity index (χ3v) is 5.45. The zero-order valence-corrected chi connectivity index (χ0v) is 18.6. The maximum absolute atomic E-state index is 13.3. The molecule has 0 aliphatic rings. The van der Waals surface area contributed by atoms with Gasteiger partial charge in [-0.3, -0.25) is 14.9 Å². The van der Waals surface area contributed by atoms with Crippen LogP contribution in [0.2, 0.25) is 5.02 Å². The highest BCUT2D eigenvalue weighted by Gasteiger charge is 2.31. The third-order valence-electron chi connectivity index (χ3n) is 5.12. The van der Waals surface area contributed by atoms with Crippen LogP contribution >= 0.6 is 11.6 Å². The first-order valence-corrected chi connectivity index (χ1v) is 10.5. The molecule has 0 radical (unpaired) electrons. The molecule has 1 aromatic heterocycles. The first kappa shape index (κ1) is 22.9. The number of carbonyl (C=O) groups is 2. The number of rotatable bonds is 7. The maximum atomic E-state index is 13.3. The van der Waals surface area contributed by atoms with E-state index in [9.17, 15) is 19.7 Å². The van der Waals surface area contributed by atoms with Crippen LogP contribution in [0.4, 0.5) is 5.69 Å². The summed E-state index contributed by atoms with van der Waals surface area (Å²) in [6.07, 6.45) is -1.36. The Labute approximate surface area is 198 Å². The van der Waals surface area contributed by atoms with Crippen molar-refractivity contribution in [1.29, 1.82) is 0 Å². The summed E-state index contributed by atoms with van der Waals surface area (Å²) in [5.74, 6) is -1.15. The first-order valence-electron chi connectivity index (χ1n) is 10.1. The van der Waals surface area contributed by atoms with Crippen molar-refractivity contribution in [3.05, 3.63) is 116 Å². The highest BCUT2D eigenvalue weighted by atomic mass is 35.5. The van der Waals surface area contributed by atoms with Crippen LogP contribution in [0.1, 0.15) is 38.1 Å². The molecule has 170 valence electrons. The number of hydrogen-bond donors (Lipinski definition) is 0. The molecule has 0 fully saturated rings. The molecule has 4 rings (SSSR count). The SMILES string of the molecule is Cc1onc(-c2ccccc2Cl)c1C(=O)O[C@@H](C(=O)c1ccccc1)c1ccc([N+](=O)[O-])cc1. The number of carbonyl (C=O) groups excluding carboxylic acids is 2. The Morgan fingerprint density at radius 2 is 1.65 bits per heavy atom. The fraction of sp³-hybridized carbons (Fsp3) is 0.0800. The zero-order valence-electron chi connectivity index (χ0n) is 17.8. The molecule has 0 unspecified atom stereocenters. The quantitative estimate of drug-likeness (QED) is 0.139. The molecule has 0 aliphatic heterocycles. The largest absolute Gasteiger partial charge is 0.445 e. The van der Waals surface area contributed by atoms with Crippen molar-refractivity contribution in [3.8, 4) is 11.3 Å². The van der Waals surface area contributed by atoms with Crippen molar-refractivity contribution in [1.82, 2.24) is 5.16 Å². The number of esters is 1. The average Bonchev–Trinajstić information content (AvgIpc) is 3.24. The van der Waals surface area contributed by atoms with Crippen LogP contribution in [0, 0.1) is 17.0 Å². The van der Waals surface area contributed by atoms with Gasteiger partial charge < -0.3 is 9.26 Å². The van der Waals surface area contributed by atoms with Crippen molar-refractivity contribution in [2.75, 3.05) is 0 Å². The van der Waals surface area contributed by atoms with Crippen LogP contribution in [-0.2, 0) is 4.74 Å². The Bertz CT molecular complexity index is 1370. The van der Waals surface area contributed by atoms with Crippen molar-refractivity contribution in [2.45, 2.75) is 13.0 Å². The van der Waals surface area contributed by atoms with E-state index >= 15 is 0 Å². The Morgan fingerprint density at radius 3 is 2.29 bits per heavy atom. The normalized spacial score (nSPS) is 11.6. The second-order valence-electron chi connectivity index (χ2n) is 7.31. The van der Waals surface area contributed by atoms with Gasteiger partial charge in [0.05, 0.1) is 9.95 Å². The minimum Gasteiger partial charge on any atom is -0.445 e. The molecule has 34 heavy (non-hydrogen) atoms. The smallest absolute Gasteiger partial charge is 0.345 e. The van der Waals surface area contributed by atoms with Crippen molar-refractivity contribution in [3.63, 3.8) is 0 Å². The summed E-state index contributed by atoms with van der Waals surface area (Å²) in [7, 11) is 0. The van der Waals surface area contributed by atoms with Crippen molar-refractivity contribution in [2.24, 2.45) is 0 Å². The summed E-state index contributed by atoms with van der Waals surface area (Å²) < 4.78 is 10.9. The highest BCUT2D eigenvalue weighted by Crippen LogP contribution is 2.33. The van der Waals surface area contributed by atoms with E-state index in [1.54, 1.807) is 61.5 Å². The predicted molar refractivity (Wildman–Crippen MR) is 124 cm³/mol. The minimum absolute atomic E-state index is 0.0286. The molecule has 3 aromatic carbocycles. The lowest BCUT2D eigenvalue weighted by Crippen LogP contribution is -2.21. The number of nitrogens with zero attached hydrogens (tertiary/aromatic N) is 2. The molecule has 0 N–H and O–H groups in total. The number of ketones is 1. The Kier molecular flexibility index (Phi) is 6.51. The van der Waals surface area contributed by atoms with Crippen LogP contribution in [0.25, 0.3) is 11.3 Å². The summed E-state index contributed by atoms with van der Waals surface area (Å²) in [6.45, 7) is 1.55. The second-order valence-corrected chi connectivity index (χ2v) is 7.71. The lowest BCUT2D eigenvalue weighted by atomic mass is 9.99. The van der Waals surface area contributed by atoms with E-state index in [1.807, 2.05) is 0 Å². The van der Waals surface area contributed by atoms with Crippen molar-refractivity contribution >= 4 is 29.0 Å². The number of hydrogen-bond acceptors (Lipinski definition) is 7. The molecule has 0 spiro atoms. The van der Waals surface area contributed by atoms with E-state index < -0.39 is 22.8 Å². The lowest BCUT2D eigenvalue weighted by Gasteiger charge is -2.17. The summed E-state index contributed by atoms with van der Waals surface area (Å²) in [5.41, 5.74) is 1.11. The molecule has 0 amide bonds. The van der Waals surface area contributed by atoms with Gasteiger partial charge in [-0.2, -0.15) is 0 Å². The molecule has 0 saturated heterocycles. The van der Waals surface area contributed by atoms with E-state index in [1.165, 1.54) is 24.3 Å². The third kappa shape index (κ3) is 4.57. The van der Waals surface area contributed by atoms with E-state index in [-0.39, 0.29) is 28.3 Å².